The summed E-state index contributed by atoms with van der Waals surface area (Å²) in [6, 6.07) is 14.1. The molecule has 1 aliphatic carbocycles. The molecule has 0 bridgehead atoms. The van der Waals surface area contributed by atoms with E-state index in [4.69, 9.17) is 4.74 Å². The molecule has 4 atom stereocenters. The molecule has 2 heterocycles. The number of benzene rings is 2. The zero-order chi connectivity index (χ0) is 24.0. The summed E-state index contributed by atoms with van der Waals surface area (Å²) in [5.74, 6) is -1.82. The van der Waals surface area contributed by atoms with Gasteiger partial charge in [0.05, 0.1) is 23.4 Å². The van der Waals surface area contributed by atoms with E-state index in [0.717, 1.165) is 5.69 Å². The second-order valence-electron chi connectivity index (χ2n) is 9.28. The predicted molar refractivity (Wildman–Crippen MR) is 126 cm³/mol. The van der Waals surface area contributed by atoms with Crippen LogP contribution in [0.5, 0.6) is 5.75 Å². The molecule has 7 heteroatoms. The number of para-hydroxylation sites is 1. The maximum absolute atomic E-state index is 13.1. The first kappa shape index (κ1) is 22.1. The lowest BCUT2D eigenvalue weighted by Crippen LogP contribution is -2.32. The number of allylic oxidation sites excluding steroid dienone is 2. The number of fused-ring (bicyclic) bond motifs is 1. The van der Waals surface area contributed by atoms with Crippen molar-refractivity contribution in [2.75, 3.05) is 16.3 Å². The Morgan fingerprint density at radius 3 is 2.50 bits per heavy atom. The highest BCUT2D eigenvalue weighted by atomic mass is 16.5. The van der Waals surface area contributed by atoms with E-state index in [1.54, 1.807) is 30.0 Å². The number of hydrogen-bond acceptors (Lipinski definition) is 5. The second-order valence-corrected chi connectivity index (χ2v) is 9.28. The standard InChI is InChI=1S/C27H26N2O5/c1-16-7-6-10-21-24(16)26(32)29(25(21)31)22-12-11-20(13-17(22)2)34-27(33)18-14-23(30)28(15-18)19-8-4-3-5-9-19/h3-9,11-13,16,18,21,24H,10,14-15H2,1-2H3/t16-,18-,21-,24+/m1/s1. The third-order valence-corrected chi connectivity index (χ3v) is 7.03. The third kappa shape index (κ3) is 3.71. The van der Waals surface area contributed by atoms with Crippen molar-refractivity contribution in [2.24, 2.45) is 23.7 Å². The molecule has 7 nitrogen and oxygen atoms in total. The minimum absolute atomic E-state index is 0.0188. The van der Waals surface area contributed by atoms with E-state index >= 15 is 0 Å². The Hall–Kier alpha value is -3.74. The number of nitrogens with zero attached hydrogens (tertiary/aromatic N) is 2. The summed E-state index contributed by atoms with van der Waals surface area (Å²) in [7, 11) is 0. The molecule has 2 fully saturated rings. The van der Waals surface area contributed by atoms with Crippen LogP contribution >= 0.6 is 0 Å². The van der Waals surface area contributed by atoms with Gasteiger partial charge in [-0.2, -0.15) is 0 Å². The Kier molecular flexibility index (Phi) is 5.55. The molecule has 2 aromatic carbocycles. The quantitative estimate of drug-likeness (QED) is 0.302. The smallest absolute Gasteiger partial charge is 0.316 e. The average Bonchev–Trinajstić information content (AvgIpc) is 3.33. The highest BCUT2D eigenvalue weighted by molar-refractivity contribution is 6.22. The number of aryl methyl sites for hydroxylation is 1. The molecule has 0 unspecified atom stereocenters. The van der Waals surface area contributed by atoms with Crippen molar-refractivity contribution in [3.8, 4) is 5.75 Å². The first-order valence-corrected chi connectivity index (χ1v) is 11.6. The monoisotopic (exact) mass is 458 g/mol. The molecule has 2 aromatic rings. The number of hydrogen-bond donors (Lipinski definition) is 0. The van der Waals surface area contributed by atoms with Crippen molar-refractivity contribution < 1.29 is 23.9 Å². The van der Waals surface area contributed by atoms with Crippen LogP contribution in [0.1, 0.15) is 25.3 Å². The number of rotatable bonds is 4. The van der Waals surface area contributed by atoms with Crippen LogP contribution in [0.2, 0.25) is 0 Å². The van der Waals surface area contributed by atoms with Crippen molar-refractivity contribution >= 4 is 35.1 Å². The summed E-state index contributed by atoms with van der Waals surface area (Å²) in [6.07, 6.45) is 4.64. The molecule has 0 spiro atoms. The van der Waals surface area contributed by atoms with E-state index in [1.165, 1.54) is 4.90 Å². The number of carbonyl (C=O) groups is 4. The Labute approximate surface area is 198 Å². The van der Waals surface area contributed by atoms with Crippen LogP contribution in [0, 0.1) is 30.6 Å². The van der Waals surface area contributed by atoms with Crippen molar-refractivity contribution in [3.05, 3.63) is 66.2 Å². The summed E-state index contributed by atoms with van der Waals surface area (Å²) in [4.78, 5) is 54.2. The first-order chi connectivity index (χ1) is 16.3. The van der Waals surface area contributed by atoms with Crippen LogP contribution in [0.4, 0.5) is 11.4 Å². The van der Waals surface area contributed by atoms with Crippen molar-refractivity contribution in [3.63, 3.8) is 0 Å². The number of anilines is 2. The van der Waals surface area contributed by atoms with Gasteiger partial charge in [0.2, 0.25) is 17.7 Å². The van der Waals surface area contributed by atoms with Gasteiger partial charge in [0.25, 0.3) is 0 Å². The molecular formula is C27H26N2O5. The predicted octanol–water partition coefficient (Wildman–Crippen LogP) is 3.66. The topological polar surface area (TPSA) is 84.0 Å². The van der Waals surface area contributed by atoms with E-state index in [2.05, 4.69) is 0 Å². The molecule has 3 amide bonds. The highest BCUT2D eigenvalue weighted by Crippen LogP contribution is 2.41. The Bertz CT molecular complexity index is 1200. The molecule has 3 aliphatic rings. The largest absolute Gasteiger partial charge is 0.426 e. The maximum Gasteiger partial charge on any atom is 0.316 e. The summed E-state index contributed by atoms with van der Waals surface area (Å²) in [5.41, 5.74) is 1.94. The van der Waals surface area contributed by atoms with E-state index in [0.29, 0.717) is 23.4 Å². The lowest BCUT2D eigenvalue weighted by atomic mass is 9.78. The van der Waals surface area contributed by atoms with E-state index in [9.17, 15) is 19.2 Å². The van der Waals surface area contributed by atoms with Gasteiger partial charge in [0.1, 0.15) is 5.75 Å². The van der Waals surface area contributed by atoms with Gasteiger partial charge in [-0.15, -0.1) is 0 Å². The average molecular weight is 459 g/mol. The summed E-state index contributed by atoms with van der Waals surface area (Å²) < 4.78 is 5.58. The molecule has 5 rings (SSSR count). The number of esters is 1. The van der Waals surface area contributed by atoms with E-state index < -0.39 is 11.9 Å². The Morgan fingerprint density at radius 2 is 1.79 bits per heavy atom. The molecule has 174 valence electrons. The molecule has 0 radical (unpaired) electrons. The van der Waals surface area contributed by atoms with Gasteiger partial charge in [-0.05, 0) is 55.2 Å². The first-order valence-electron chi connectivity index (χ1n) is 11.6. The maximum atomic E-state index is 13.1. The lowest BCUT2D eigenvalue weighted by molar-refractivity contribution is -0.139. The third-order valence-electron chi connectivity index (χ3n) is 7.03. The molecule has 0 N–H and O–H groups in total. The van der Waals surface area contributed by atoms with Gasteiger partial charge >= 0.3 is 5.97 Å². The van der Waals surface area contributed by atoms with Gasteiger partial charge in [-0.25, -0.2) is 4.90 Å². The number of ether oxygens (including phenoxy) is 1. The van der Waals surface area contributed by atoms with Gasteiger partial charge in [-0.3, -0.25) is 19.2 Å². The minimum Gasteiger partial charge on any atom is -0.426 e. The molecule has 34 heavy (non-hydrogen) atoms. The molecule has 2 saturated heterocycles. The molecule has 2 aliphatic heterocycles. The van der Waals surface area contributed by atoms with Gasteiger partial charge in [-0.1, -0.05) is 37.3 Å². The van der Waals surface area contributed by atoms with Crippen LogP contribution in [-0.2, 0) is 19.2 Å². The number of amides is 3. The van der Waals surface area contributed by atoms with Crippen LogP contribution in [0.3, 0.4) is 0 Å². The zero-order valence-electron chi connectivity index (χ0n) is 19.1. The fourth-order valence-corrected chi connectivity index (χ4v) is 5.25. The normalized spacial score (nSPS) is 26.2. The fourth-order valence-electron chi connectivity index (χ4n) is 5.25. The summed E-state index contributed by atoms with van der Waals surface area (Å²) in [5, 5.41) is 0. The SMILES string of the molecule is Cc1cc(OC(=O)[C@@H]2CC(=O)N(c3ccccc3)C2)ccc1N1C(=O)[C@H]2[C@H](C)C=CC[C@H]2C1=O. The number of imide groups is 1. The fraction of sp³-hybridized carbons (Fsp3) is 0.333. The minimum atomic E-state index is -0.563. The summed E-state index contributed by atoms with van der Waals surface area (Å²) in [6.45, 7) is 4.02. The van der Waals surface area contributed by atoms with Crippen LogP contribution in [0.15, 0.2) is 60.7 Å². The zero-order valence-corrected chi connectivity index (χ0v) is 19.1. The van der Waals surface area contributed by atoms with E-state index in [1.807, 2.05) is 49.4 Å². The van der Waals surface area contributed by atoms with Gasteiger partial charge in [0.15, 0.2) is 0 Å². The molecular weight excluding hydrogens is 432 g/mol. The molecule has 0 saturated carbocycles. The Balaban J connectivity index is 1.29. The van der Waals surface area contributed by atoms with Gasteiger partial charge < -0.3 is 9.64 Å². The second kappa shape index (κ2) is 8.56. The van der Waals surface area contributed by atoms with Crippen molar-refractivity contribution in [1.82, 2.24) is 0 Å². The highest BCUT2D eigenvalue weighted by Gasteiger charge is 2.50. The molecule has 0 aromatic heterocycles. The van der Waals surface area contributed by atoms with E-state index in [-0.39, 0.29) is 48.4 Å². The van der Waals surface area contributed by atoms with Crippen molar-refractivity contribution in [2.45, 2.75) is 26.7 Å². The van der Waals surface area contributed by atoms with Crippen molar-refractivity contribution in [1.29, 1.82) is 0 Å². The number of carbonyl (C=O) groups excluding carboxylic acids is 4. The Morgan fingerprint density at radius 1 is 1.03 bits per heavy atom. The van der Waals surface area contributed by atoms with Crippen LogP contribution in [0.25, 0.3) is 0 Å². The van der Waals surface area contributed by atoms with Crippen LogP contribution < -0.4 is 14.5 Å². The van der Waals surface area contributed by atoms with Crippen LogP contribution in [-0.4, -0.2) is 30.2 Å². The summed E-state index contributed by atoms with van der Waals surface area (Å²) >= 11 is 0. The van der Waals surface area contributed by atoms with Gasteiger partial charge in [0, 0.05) is 18.7 Å². The lowest BCUT2D eigenvalue weighted by Gasteiger charge is -2.22.